The number of nitrogens with zero attached hydrogens (tertiary/aromatic N) is 1. The van der Waals surface area contributed by atoms with Crippen molar-refractivity contribution < 1.29 is 0 Å². The average Bonchev–Trinajstić information content (AvgIpc) is 3.01. The van der Waals surface area contributed by atoms with Crippen molar-refractivity contribution in [3.05, 3.63) is 65.2 Å². The largest absolute Gasteiger partial charge is 0.363 e. The Bertz CT molecular complexity index is 533. The summed E-state index contributed by atoms with van der Waals surface area (Å²) in [5.74, 6) is 0. The van der Waals surface area contributed by atoms with Gasteiger partial charge < -0.3 is 10.2 Å². The first-order valence-electron chi connectivity index (χ1n) is 7.10. The second-order valence-corrected chi connectivity index (χ2v) is 5.67. The standard InChI is InChI=1S/C17H19ClN2/c18-15-8-6-14(7-9-15)13-20(17-10-11-19-12-17)16-4-2-1-3-5-16/h1-9,17,19H,10-13H2. The molecule has 0 bridgehead atoms. The Labute approximate surface area is 125 Å². The maximum absolute atomic E-state index is 5.97. The van der Waals surface area contributed by atoms with Crippen molar-refractivity contribution >= 4 is 17.3 Å². The minimum atomic E-state index is 0.563. The van der Waals surface area contributed by atoms with Crippen LogP contribution < -0.4 is 10.2 Å². The van der Waals surface area contributed by atoms with Crippen LogP contribution in [0.25, 0.3) is 0 Å². The van der Waals surface area contributed by atoms with Gasteiger partial charge in [-0.05, 0) is 42.8 Å². The molecule has 1 fully saturated rings. The lowest BCUT2D eigenvalue weighted by atomic mass is 10.1. The summed E-state index contributed by atoms with van der Waals surface area (Å²) < 4.78 is 0. The van der Waals surface area contributed by atoms with E-state index in [4.69, 9.17) is 11.6 Å². The van der Waals surface area contributed by atoms with Gasteiger partial charge in [0.15, 0.2) is 0 Å². The van der Waals surface area contributed by atoms with Crippen molar-refractivity contribution in [2.45, 2.75) is 19.0 Å². The molecule has 0 radical (unpaired) electrons. The highest BCUT2D eigenvalue weighted by Crippen LogP contribution is 2.23. The number of hydrogen-bond donors (Lipinski definition) is 1. The molecular weight excluding hydrogens is 268 g/mol. The summed E-state index contributed by atoms with van der Waals surface area (Å²) in [5, 5.41) is 4.25. The zero-order valence-corrected chi connectivity index (χ0v) is 12.2. The van der Waals surface area contributed by atoms with Crippen molar-refractivity contribution in [3.8, 4) is 0 Å². The third-order valence-electron chi connectivity index (χ3n) is 3.83. The SMILES string of the molecule is Clc1ccc(CN(c2ccccc2)C2CCNC2)cc1. The van der Waals surface area contributed by atoms with Gasteiger partial charge >= 0.3 is 0 Å². The maximum atomic E-state index is 5.97. The fraction of sp³-hybridized carbons (Fsp3) is 0.294. The molecular formula is C17H19ClN2. The van der Waals surface area contributed by atoms with E-state index in [0.29, 0.717) is 6.04 Å². The number of anilines is 1. The molecule has 1 aliphatic heterocycles. The highest BCUT2D eigenvalue weighted by molar-refractivity contribution is 6.30. The first kappa shape index (κ1) is 13.5. The van der Waals surface area contributed by atoms with E-state index in [1.54, 1.807) is 0 Å². The van der Waals surface area contributed by atoms with Crippen LogP contribution in [0.1, 0.15) is 12.0 Å². The molecule has 3 rings (SSSR count). The second kappa shape index (κ2) is 6.29. The van der Waals surface area contributed by atoms with Crippen LogP contribution in [-0.4, -0.2) is 19.1 Å². The molecule has 0 spiro atoms. The summed E-state index contributed by atoms with van der Waals surface area (Å²) in [5.41, 5.74) is 2.58. The van der Waals surface area contributed by atoms with Gasteiger partial charge in [0.2, 0.25) is 0 Å². The Kier molecular flexibility index (Phi) is 4.24. The van der Waals surface area contributed by atoms with Crippen molar-refractivity contribution in [2.75, 3.05) is 18.0 Å². The molecule has 0 aromatic heterocycles. The van der Waals surface area contributed by atoms with E-state index in [-0.39, 0.29) is 0 Å². The molecule has 0 aliphatic carbocycles. The van der Waals surface area contributed by atoms with Gasteiger partial charge in [-0.3, -0.25) is 0 Å². The minimum absolute atomic E-state index is 0.563. The third-order valence-corrected chi connectivity index (χ3v) is 4.08. The van der Waals surface area contributed by atoms with Gasteiger partial charge in [0, 0.05) is 29.8 Å². The van der Waals surface area contributed by atoms with E-state index in [1.165, 1.54) is 17.7 Å². The molecule has 1 saturated heterocycles. The van der Waals surface area contributed by atoms with Crippen molar-refractivity contribution in [3.63, 3.8) is 0 Å². The molecule has 20 heavy (non-hydrogen) atoms. The molecule has 2 nitrogen and oxygen atoms in total. The molecule has 1 heterocycles. The van der Waals surface area contributed by atoms with Gasteiger partial charge in [0.05, 0.1) is 0 Å². The van der Waals surface area contributed by atoms with E-state index in [1.807, 2.05) is 12.1 Å². The summed E-state index contributed by atoms with van der Waals surface area (Å²) in [7, 11) is 0. The highest BCUT2D eigenvalue weighted by Gasteiger charge is 2.22. The highest BCUT2D eigenvalue weighted by atomic mass is 35.5. The fourth-order valence-corrected chi connectivity index (χ4v) is 2.87. The Balaban J connectivity index is 1.83. The van der Waals surface area contributed by atoms with Gasteiger partial charge in [-0.1, -0.05) is 41.9 Å². The van der Waals surface area contributed by atoms with E-state index < -0.39 is 0 Å². The first-order chi connectivity index (χ1) is 9.83. The predicted molar refractivity (Wildman–Crippen MR) is 85.4 cm³/mol. The van der Waals surface area contributed by atoms with Crippen LogP contribution in [0.2, 0.25) is 5.02 Å². The van der Waals surface area contributed by atoms with Crippen LogP contribution >= 0.6 is 11.6 Å². The fourth-order valence-electron chi connectivity index (χ4n) is 2.74. The van der Waals surface area contributed by atoms with Gasteiger partial charge in [0.25, 0.3) is 0 Å². The normalized spacial score (nSPS) is 18.1. The van der Waals surface area contributed by atoms with Gasteiger partial charge in [-0.2, -0.15) is 0 Å². The lowest BCUT2D eigenvalue weighted by Gasteiger charge is -2.31. The summed E-state index contributed by atoms with van der Waals surface area (Å²) >= 11 is 5.97. The summed E-state index contributed by atoms with van der Waals surface area (Å²) in [6.07, 6.45) is 1.20. The van der Waals surface area contributed by atoms with Crippen molar-refractivity contribution in [1.82, 2.24) is 5.32 Å². The molecule has 2 aromatic carbocycles. The number of para-hydroxylation sites is 1. The average molecular weight is 287 g/mol. The van der Waals surface area contributed by atoms with E-state index >= 15 is 0 Å². The van der Waals surface area contributed by atoms with E-state index in [0.717, 1.165) is 24.7 Å². The molecule has 2 aromatic rings. The minimum Gasteiger partial charge on any atom is -0.363 e. The number of benzene rings is 2. The van der Waals surface area contributed by atoms with E-state index in [9.17, 15) is 0 Å². The summed E-state index contributed by atoms with van der Waals surface area (Å²) in [6, 6.07) is 19.4. The third kappa shape index (κ3) is 3.14. The maximum Gasteiger partial charge on any atom is 0.0433 e. The van der Waals surface area contributed by atoms with Crippen molar-refractivity contribution in [2.24, 2.45) is 0 Å². The molecule has 3 heteroatoms. The topological polar surface area (TPSA) is 15.3 Å². The van der Waals surface area contributed by atoms with Crippen LogP contribution in [0.5, 0.6) is 0 Å². The molecule has 1 atom stereocenters. The number of hydrogen-bond acceptors (Lipinski definition) is 2. The lowest BCUT2D eigenvalue weighted by Crippen LogP contribution is -2.36. The molecule has 104 valence electrons. The van der Waals surface area contributed by atoms with Crippen LogP contribution in [0, 0.1) is 0 Å². The monoisotopic (exact) mass is 286 g/mol. The first-order valence-corrected chi connectivity index (χ1v) is 7.47. The molecule has 1 unspecified atom stereocenters. The zero-order chi connectivity index (χ0) is 13.8. The summed E-state index contributed by atoms with van der Waals surface area (Å²) in [4.78, 5) is 2.49. The number of rotatable bonds is 4. The van der Waals surface area contributed by atoms with E-state index in [2.05, 4.69) is 52.7 Å². The Morgan fingerprint density at radius 3 is 2.45 bits per heavy atom. The van der Waals surface area contributed by atoms with Crippen LogP contribution in [0.3, 0.4) is 0 Å². The molecule has 0 saturated carbocycles. The lowest BCUT2D eigenvalue weighted by molar-refractivity contribution is 0.631. The smallest absolute Gasteiger partial charge is 0.0433 e. The van der Waals surface area contributed by atoms with Gasteiger partial charge in [0.1, 0.15) is 0 Å². The number of halogens is 1. The van der Waals surface area contributed by atoms with Gasteiger partial charge in [-0.25, -0.2) is 0 Å². The van der Waals surface area contributed by atoms with Crippen LogP contribution in [0.15, 0.2) is 54.6 Å². The summed E-state index contributed by atoms with van der Waals surface area (Å²) in [6.45, 7) is 3.09. The Hall–Kier alpha value is -1.51. The second-order valence-electron chi connectivity index (χ2n) is 5.24. The molecule has 0 amide bonds. The van der Waals surface area contributed by atoms with Crippen LogP contribution in [-0.2, 0) is 6.54 Å². The van der Waals surface area contributed by atoms with Gasteiger partial charge in [-0.15, -0.1) is 0 Å². The number of nitrogens with one attached hydrogen (secondary N) is 1. The molecule has 1 N–H and O–H groups in total. The quantitative estimate of drug-likeness (QED) is 0.922. The Morgan fingerprint density at radius 1 is 1.05 bits per heavy atom. The zero-order valence-electron chi connectivity index (χ0n) is 11.4. The van der Waals surface area contributed by atoms with Crippen LogP contribution in [0.4, 0.5) is 5.69 Å². The van der Waals surface area contributed by atoms with Crippen molar-refractivity contribution in [1.29, 1.82) is 0 Å². The predicted octanol–water partition coefficient (Wildman–Crippen LogP) is 3.71. The molecule has 1 aliphatic rings. The Morgan fingerprint density at radius 2 is 1.80 bits per heavy atom.